The lowest BCUT2D eigenvalue weighted by atomic mass is 10.1. The highest BCUT2D eigenvalue weighted by Gasteiger charge is 2.10. The van der Waals surface area contributed by atoms with Gasteiger partial charge in [-0.05, 0) is 44.0 Å². The Morgan fingerprint density at radius 2 is 1.84 bits per heavy atom. The summed E-state index contributed by atoms with van der Waals surface area (Å²) in [6.45, 7) is 6.37. The number of aliphatic hydroxyl groups excluding tert-OH is 1. The van der Waals surface area contributed by atoms with Crippen LogP contribution in [0.2, 0.25) is 0 Å². The first kappa shape index (κ1) is 13.6. The van der Waals surface area contributed by atoms with Crippen molar-refractivity contribution in [3.8, 4) is 5.75 Å². The van der Waals surface area contributed by atoms with Crippen LogP contribution in [0.15, 0.2) is 42.5 Å². The largest absolute Gasteiger partial charge is 0.489 e. The minimum absolute atomic E-state index is 0.522. The summed E-state index contributed by atoms with van der Waals surface area (Å²) in [5, 5.41) is 9.80. The molecule has 2 heteroatoms. The lowest BCUT2D eigenvalue weighted by molar-refractivity contribution is 0.190. The average Bonchev–Trinajstić information content (AvgIpc) is 2.38. The van der Waals surface area contributed by atoms with E-state index in [1.807, 2.05) is 37.3 Å². The molecule has 2 nitrogen and oxygen atoms in total. The van der Waals surface area contributed by atoms with Crippen LogP contribution < -0.4 is 4.74 Å². The zero-order chi connectivity index (χ0) is 13.8. The summed E-state index contributed by atoms with van der Waals surface area (Å²) in [6, 6.07) is 14.1. The van der Waals surface area contributed by atoms with Gasteiger partial charge in [-0.1, -0.05) is 35.9 Å². The average molecular weight is 256 g/mol. The first-order valence-corrected chi connectivity index (χ1v) is 6.54. The summed E-state index contributed by atoms with van der Waals surface area (Å²) in [6.07, 6.45) is -0.522. The van der Waals surface area contributed by atoms with Crippen LogP contribution in [-0.4, -0.2) is 5.11 Å². The fourth-order valence-electron chi connectivity index (χ4n) is 2.05. The molecule has 1 N–H and O–H groups in total. The van der Waals surface area contributed by atoms with Crippen molar-refractivity contribution in [3.63, 3.8) is 0 Å². The van der Waals surface area contributed by atoms with Gasteiger partial charge in [0.2, 0.25) is 0 Å². The molecule has 2 rings (SSSR count). The summed E-state index contributed by atoms with van der Waals surface area (Å²) in [4.78, 5) is 0. The molecule has 100 valence electrons. The van der Waals surface area contributed by atoms with Gasteiger partial charge in [0.05, 0.1) is 6.10 Å². The van der Waals surface area contributed by atoms with E-state index < -0.39 is 6.10 Å². The normalized spacial score (nSPS) is 12.2. The van der Waals surface area contributed by atoms with Crippen LogP contribution in [0.25, 0.3) is 0 Å². The lowest BCUT2D eigenvalue weighted by Gasteiger charge is -2.15. The number of ether oxygens (including phenoxy) is 1. The quantitative estimate of drug-likeness (QED) is 0.898. The third-order valence-corrected chi connectivity index (χ3v) is 3.26. The zero-order valence-electron chi connectivity index (χ0n) is 11.7. The molecule has 0 spiro atoms. The maximum absolute atomic E-state index is 9.80. The number of hydrogen-bond acceptors (Lipinski definition) is 2. The Morgan fingerprint density at radius 1 is 1.11 bits per heavy atom. The van der Waals surface area contributed by atoms with Gasteiger partial charge in [-0.3, -0.25) is 0 Å². The highest BCUT2D eigenvalue weighted by Crippen LogP contribution is 2.27. The van der Waals surface area contributed by atoms with Crippen molar-refractivity contribution >= 4 is 0 Å². The molecular formula is C17H20O2. The molecule has 2 aromatic carbocycles. The van der Waals surface area contributed by atoms with Crippen molar-refractivity contribution in [3.05, 3.63) is 64.7 Å². The second kappa shape index (κ2) is 5.89. The molecule has 0 bridgehead atoms. The first-order valence-electron chi connectivity index (χ1n) is 6.54. The van der Waals surface area contributed by atoms with E-state index in [9.17, 15) is 5.11 Å². The summed E-state index contributed by atoms with van der Waals surface area (Å²) in [7, 11) is 0. The summed E-state index contributed by atoms with van der Waals surface area (Å²) in [5.41, 5.74) is 4.35. The van der Waals surface area contributed by atoms with Gasteiger partial charge in [0.25, 0.3) is 0 Å². The maximum Gasteiger partial charge on any atom is 0.125 e. The molecular weight excluding hydrogens is 236 g/mol. The van der Waals surface area contributed by atoms with Gasteiger partial charge in [-0.25, -0.2) is 0 Å². The third-order valence-electron chi connectivity index (χ3n) is 3.26. The molecule has 0 aliphatic heterocycles. The van der Waals surface area contributed by atoms with Crippen LogP contribution in [-0.2, 0) is 6.61 Å². The third kappa shape index (κ3) is 3.36. The minimum Gasteiger partial charge on any atom is -0.489 e. The van der Waals surface area contributed by atoms with Crippen LogP contribution in [0.5, 0.6) is 5.75 Å². The van der Waals surface area contributed by atoms with E-state index in [0.29, 0.717) is 6.61 Å². The fraction of sp³-hybridized carbons (Fsp3) is 0.294. The number of hydrogen-bond donors (Lipinski definition) is 1. The number of benzene rings is 2. The van der Waals surface area contributed by atoms with Crippen molar-refractivity contribution < 1.29 is 9.84 Å². The van der Waals surface area contributed by atoms with Gasteiger partial charge < -0.3 is 9.84 Å². The smallest absolute Gasteiger partial charge is 0.125 e. The standard InChI is InChI=1S/C17H20O2/c1-12-8-9-17(16(10-12)14(3)18)19-11-15-7-5-4-6-13(15)2/h4-10,14,18H,11H2,1-3H3. The molecule has 0 aromatic heterocycles. The molecule has 1 unspecified atom stereocenters. The molecule has 0 fully saturated rings. The first-order chi connectivity index (χ1) is 9.08. The highest BCUT2D eigenvalue weighted by atomic mass is 16.5. The Labute approximate surface area is 114 Å². The summed E-state index contributed by atoms with van der Waals surface area (Å²) >= 11 is 0. The minimum atomic E-state index is -0.522. The van der Waals surface area contributed by atoms with Crippen molar-refractivity contribution in [1.82, 2.24) is 0 Å². The Balaban J connectivity index is 2.18. The van der Waals surface area contributed by atoms with Crippen LogP contribution in [0.1, 0.15) is 35.3 Å². The Hall–Kier alpha value is -1.80. The van der Waals surface area contributed by atoms with Crippen molar-refractivity contribution in [2.45, 2.75) is 33.5 Å². The van der Waals surface area contributed by atoms with Gasteiger partial charge >= 0.3 is 0 Å². The SMILES string of the molecule is Cc1ccc(OCc2ccccc2C)c(C(C)O)c1. The van der Waals surface area contributed by atoms with Gasteiger partial charge in [0, 0.05) is 5.56 Å². The lowest BCUT2D eigenvalue weighted by Crippen LogP contribution is -2.02. The molecule has 19 heavy (non-hydrogen) atoms. The molecule has 2 aromatic rings. The van der Waals surface area contributed by atoms with Gasteiger partial charge in [0.1, 0.15) is 12.4 Å². The van der Waals surface area contributed by atoms with E-state index in [1.54, 1.807) is 6.92 Å². The molecule has 0 saturated carbocycles. The Kier molecular flexibility index (Phi) is 4.23. The van der Waals surface area contributed by atoms with E-state index in [0.717, 1.165) is 16.9 Å². The van der Waals surface area contributed by atoms with E-state index in [1.165, 1.54) is 11.1 Å². The van der Waals surface area contributed by atoms with E-state index in [4.69, 9.17) is 4.74 Å². The Morgan fingerprint density at radius 3 is 2.53 bits per heavy atom. The van der Waals surface area contributed by atoms with Crippen LogP contribution in [0.4, 0.5) is 0 Å². The van der Waals surface area contributed by atoms with Gasteiger partial charge in [0.15, 0.2) is 0 Å². The van der Waals surface area contributed by atoms with E-state index >= 15 is 0 Å². The number of aliphatic hydroxyl groups is 1. The van der Waals surface area contributed by atoms with E-state index in [-0.39, 0.29) is 0 Å². The molecule has 0 aliphatic rings. The van der Waals surface area contributed by atoms with Crippen molar-refractivity contribution in [2.75, 3.05) is 0 Å². The van der Waals surface area contributed by atoms with Crippen LogP contribution in [0.3, 0.4) is 0 Å². The van der Waals surface area contributed by atoms with Crippen LogP contribution in [0, 0.1) is 13.8 Å². The number of rotatable bonds is 4. The summed E-state index contributed by atoms with van der Waals surface area (Å²) < 4.78 is 5.86. The molecule has 0 saturated heterocycles. The van der Waals surface area contributed by atoms with Gasteiger partial charge in [-0.15, -0.1) is 0 Å². The zero-order valence-corrected chi connectivity index (χ0v) is 11.7. The monoisotopic (exact) mass is 256 g/mol. The van der Waals surface area contributed by atoms with Crippen LogP contribution >= 0.6 is 0 Å². The number of aryl methyl sites for hydroxylation is 2. The summed E-state index contributed by atoms with van der Waals surface area (Å²) in [5.74, 6) is 0.754. The molecule has 0 heterocycles. The van der Waals surface area contributed by atoms with Crippen molar-refractivity contribution in [1.29, 1.82) is 0 Å². The predicted octanol–water partition coefficient (Wildman–Crippen LogP) is 3.94. The van der Waals surface area contributed by atoms with Gasteiger partial charge in [-0.2, -0.15) is 0 Å². The van der Waals surface area contributed by atoms with E-state index in [2.05, 4.69) is 19.1 Å². The second-order valence-corrected chi connectivity index (χ2v) is 4.93. The molecule has 0 radical (unpaired) electrons. The second-order valence-electron chi connectivity index (χ2n) is 4.93. The molecule has 0 amide bonds. The van der Waals surface area contributed by atoms with Crippen molar-refractivity contribution in [2.24, 2.45) is 0 Å². The maximum atomic E-state index is 9.80. The molecule has 1 atom stereocenters. The fourth-order valence-corrected chi connectivity index (χ4v) is 2.05. The molecule has 0 aliphatic carbocycles. The predicted molar refractivity (Wildman–Crippen MR) is 77.3 cm³/mol. The Bertz CT molecular complexity index is 559. The topological polar surface area (TPSA) is 29.5 Å². The highest BCUT2D eigenvalue weighted by molar-refractivity contribution is 5.38.